The predicted octanol–water partition coefficient (Wildman–Crippen LogP) is 1.03. The number of nitro benzene ring substituents is 1. The molecule has 0 atom stereocenters. The zero-order valence-electron chi connectivity index (χ0n) is 9.87. The number of phenolic OH excluding ortho intramolecular Hbond substituents is 1. The standard InChI is InChI=1S/C12H9NO6/c1-19-11(15)4-2-3-8-5-10(13(17)18)6-9(7-14)12(8)16/h5-7,16H,4H2,1H3. The van der Waals surface area contributed by atoms with Gasteiger partial charge in [-0.3, -0.25) is 19.7 Å². The van der Waals surface area contributed by atoms with Crippen molar-refractivity contribution in [3.8, 4) is 17.6 Å². The molecule has 0 fully saturated rings. The van der Waals surface area contributed by atoms with E-state index in [0.717, 1.165) is 12.1 Å². The van der Waals surface area contributed by atoms with Crippen LogP contribution in [0.25, 0.3) is 0 Å². The highest BCUT2D eigenvalue weighted by molar-refractivity contribution is 5.82. The zero-order valence-corrected chi connectivity index (χ0v) is 9.87. The normalized spacial score (nSPS) is 9.11. The average molecular weight is 263 g/mol. The van der Waals surface area contributed by atoms with Crippen molar-refractivity contribution in [2.45, 2.75) is 6.42 Å². The number of ether oxygens (including phenoxy) is 1. The van der Waals surface area contributed by atoms with Crippen molar-refractivity contribution < 1.29 is 24.4 Å². The third-order valence-electron chi connectivity index (χ3n) is 2.15. The number of nitro groups is 1. The third kappa shape index (κ3) is 3.54. The molecule has 0 saturated heterocycles. The fourth-order valence-electron chi connectivity index (χ4n) is 1.22. The molecule has 0 aliphatic carbocycles. The molecule has 1 rings (SSSR count). The molecule has 7 nitrogen and oxygen atoms in total. The monoisotopic (exact) mass is 263 g/mol. The van der Waals surface area contributed by atoms with Crippen LogP contribution in [-0.2, 0) is 9.53 Å². The molecule has 0 amide bonds. The highest BCUT2D eigenvalue weighted by atomic mass is 16.6. The number of hydrogen-bond donors (Lipinski definition) is 1. The van der Waals surface area contributed by atoms with E-state index in [2.05, 4.69) is 16.6 Å². The average Bonchev–Trinajstić information content (AvgIpc) is 2.40. The number of benzene rings is 1. The van der Waals surface area contributed by atoms with Crippen LogP contribution in [0, 0.1) is 22.0 Å². The van der Waals surface area contributed by atoms with Crippen LogP contribution >= 0.6 is 0 Å². The number of aromatic hydroxyl groups is 1. The van der Waals surface area contributed by atoms with Crippen LogP contribution in [0.5, 0.6) is 5.75 Å². The van der Waals surface area contributed by atoms with Crippen LogP contribution in [0.1, 0.15) is 22.3 Å². The van der Waals surface area contributed by atoms with E-state index in [1.54, 1.807) is 0 Å². The van der Waals surface area contributed by atoms with Crippen LogP contribution in [0.15, 0.2) is 12.1 Å². The Morgan fingerprint density at radius 3 is 2.79 bits per heavy atom. The first kappa shape index (κ1) is 14.2. The molecule has 0 radical (unpaired) electrons. The maximum absolute atomic E-state index is 10.8. The minimum atomic E-state index is -0.710. The largest absolute Gasteiger partial charge is 0.506 e. The van der Waals surface area contributed by atoms with Crippen molar-refractivity contribution in [1.82, 2.24) is 0 Å². The maximum atomic E-state index is 10.8. The van der Waals surface area contributed by atoms with E-state index in [1.165, 1.54) is 7.11 Å². The number of phenols is 1. The van der Waals surface area contributed by atoms with Gasteiger partial charge in [-0.05, 0) is 0 Å². The summed E-state index contributed by atoms with van der Waals surface area (Å²) in [4.78, 5) is 31.4. The number of methoxy groups -OCH3 is 1. The van der Waals surface area contributed by atoms with E-state index in [-0.39, 0.29) is 29.5 Å². The van der Waals surface area contributed by atoms with Gasteiger partial charge in [0.1, 0.15) is 12.2 Å². The van der Waals surface area contributed by atoms with E-state index in [1.807, 2.05) is 0 Å². The molecule has 1 aromatic carbocycles. The molecule has 0 saturated carbocycles. The first-order valence-corrected chi connectivity index (χ1v) is 5.02. The molecule has 1 N–H and O–H groups in total. The van der Waals surface area contributed by atoms with Gasteiger partial charge in [0, 0.05) is 12.1 Å². The minimum absolute atomic E-state index is 0.0970. The van der Waals surface area contributed by atoms with E-state index in [0.29, 0.717) is 0 Å². The molecule has 19 heavy (non-hydrogen) atoms. The summed E-state index contributed by atoms with van der Waals surface area (Å²) >= 11 is 0. The molecule has 0 heterocycles. The Kier molecular flexibility index (Phi) is 4.60. The summed E-state index contributed by atoms with van der Waals surface area (Å²) in [5.74, 6) is 3.74. The van der Waals surface area contributed by atoms with Crippen molar-refractivity contribution in [2.75, 3.05) is 7.11 Å². The fourth-order valence-corrected chi connectivity index (χ4v) is 1.22. The summed E-state index contributed by atoms with van der Waals surface area (Å²) in [5, 5.41) is 20.3. The van der Waals surface area contributed by atoms with Gasteiger partial charge in [-0.25, -0.2) is 0 Å². The van der Waals surface area contributed by atoms with Gasteiger partial charge in [-0.2, -0.15) is 0 Å². The van der Waals surface area contributed by atoms with E-state index < -0.39 is 16.6 Å². The lowest BCUT2D eigenvalue weighted by molar-refractivity contribution is -0.384. The van der Waals surface area contributed by atoms with Crippen molar-refractivity contribution >= 4 is 17.9 Å². The van der Waals surface area contributed by atoms with Crippen molar-refractivity contribution in [3.63, 3.8) is 0 Å². The van der Waals surface area contributed by atoms with Crippen LogP contribution in [0.3, 0.4) is 0 Å². The summed E-state index contributed by atoms with van der Waals surface area (Å²) in [6, 6.07) is 1.96. The van der Waals surface area contributed by atoms with Crippen LogP contribution in [0.2, 0.25) is 0 Å². The topological polar surface area (TPSA) is 107 Å². The molecular formula is C12H9NO6. The second kappa shape index (κ2) is 6.16. The van der Waals surface area contributed by atoms with Gasteiger partial charge < -0.3 is 9.84 Å². The molecular weight excluding hydrogens is 254 g/mol. The molecule has 0 unspecified atom stereocenters. The van der Waals surface area contributed by atoms with E-state index in [9.17, 15) is 24.8 Å². The molecule has 7 heteroatoms. The van der Waals surface area contributed by atoms with E-state index in [4.69, 9.17) is 0 Å². The molecule has 0 aromatic heterocycles. The Labute approximate surface area is 108 Å². The van der Waals surface area contributed by atoms with E-state index >= 15 is 0 Å². The van der Waals surface area contributed by atoms with Gasteiger partial charge in [0.15, 0.2) is 6.29 Å². The first-order valence-electron chi connectivity index (χ1n) is 5.02. The number of carbonyl (C=O) groups excluding carboxylic acids is 2. The lowest BCUT2D eigenvalue weighted by Crippen LogP contribution is -1.97. The maximum Gasteiger partial charge on any atom is 0.317 e. The fraction of sp³-hybridized carbons (Fsp3) is 0.167. The van der Waals surface area contributed by atoms with Crippen molar-refractivity contribution in [2.24, 2.45) is 0 Å². The molecule has 0 aliphatic rings. The number of non-ortho nitro benzene ring substituents is 1. The van der Waals surface area contributed by atoms with Crippen LogP contribution in [0.4, 0.5) is 5.69 Å². The van der Waals surface area contributed by atoms with Gasteiger partial charge in [0.2, 0.25) is 0 Å². The predicted molar refractivity (Wildman–Crippen MR) is 63.7 cm³/mol. The second-order valence-electron chi connectivity index (χ2n) is 3.36. The number of hydrogen-bond acceptors (Lipinski definition) is 6. The lowest BCUT2D eigenvalue weighted by Gasteiger charge is -2.00. The molecule has 0 aliphatic heterocycles. The van der Waals surface area contributed by atoms with Crippen LogP contribution in [-0.4, -0.2) is 29.4 Å². The highest BCUT2D eigenvalue weighted by Gasteiger charge is 2.14. The van der Waals surface area contributed by atoms with Gasteiger partial charge in [-0.1, -0.05) is 11.8 Å². The summed E-state index contributed by atoms with van der Waals surface area (Å²) in [5.41, 5.74) is -0.709. The minimum Gasteiger partial charge on any atom is -0.506 e. The Morgan fingerprint density at radius 1 is 1.58 bits per heavy atom. The van der Waals surface area contributed by atoms with Gasteiger partial charge in [0.25, 0.3) is 5.69 Å². The number of rotatable bonds is 3. The quantitative estimate of drug-likeness (QED) is 0.287. The number of esters is 1. The zero-order chi connectivity index (χ0) is 14.4. The molecule has 0 bridgehead atoms. The van der Waals surface area contributed by atoms with Gasteiger partial charge >= 0.3 is 5.97 Å². The molecule has 0 spiro atoms. The Bertz CT molecular complexity index is 596. The summed E-state index contributed by atoms with van der Waals surface area (Å²) < 4.78 is 4.36. The highest BCUT2D eigenvalue weighted by Crippen LogP contribution is 2.26. The van der Waals surface area contributed by atoms with Crippen molar-refractivity contribution in [1.29, 1.82) is 0 Å². The van der Waals surface area contributed by atoms with Crippen molar-refractivity contribution in [3.05, 3.63) is 33.4 Å². The molecule has 1 aromatic rings. The summed E-state index contributed by atoms with van der Waals surface area (Å²) in [6.07, 6.45) is 0.0584. The summed E-state index contributed by atoms with van der Waals surface area (Å²) in [6.45, 7) is 0. The third-order valence-corrected chi connectivity index (χ3v) is 2.15. The first-order chi connectivity index (χ1) is 8.99. The Hall–Kier alpha value is -2.88. The van der Waals surface area contributed by atoms with Crippen LogP contribution < -0.4 is 0 Å². The smallest absolute Gasteiger partial charge is 0.317 e. The second-order valence-corrected chi connectivity index (χ2v) is 3.36. The van der Waals surface area contributed by atoms with Gasteiger partial charge in [0.05, 0.1) is 23.2 Å². The number of aldehydes is 1. The number of nitrogens with zero attached hydrogens (tertiary/aromatic N) is 1. The number of carbonyl (C=O) groups is 2. The Morgan fingerprint density at radius 2 is 2.26 bits per heavy atom. The SMILES string of the molecule is COC(=O)CC#Cc1cc([N+](=O)[O-])cc(C=O)c1O. The Balaban J connectivity index is 3.18. The molecule has 98 valence electrons. The van der Waals surface area contributed by atoms with Gasteiger partial charge in [-0.15, -0.1) is 0 Å². The lowest BCUT2D eigenvalue weighted by atomic mass is 10.1. The summed E-state index contributed by atoms with van der Waals surface area (Å²) in [7, 11) is 1.19.